The van der Waals surface area contributed by atoms with Gasteiger partial charge in [-0.3, -0.25) is 4.79 Å². The highest BCUT2D eigenvalue weighted by molar-refractivity contribution is 7.08. The normalized spacial score (nSPS) is 12.2. The number of carbonyl (C=O) groups is 2. The van der Waals surface area contributed by atoms with Crippen molar-refractivity contribution in [2.24, 2.45) is 0 Å². The van der Waals surface area contributed by atoms with Crippen LogP contribution in [0.15, 0.2) is 65.4 Å². The van der Waals surface area contributed by atoms with E-state index in [2.05, 4.69) is 5.32 Å². The van der Waals surface area contributed by atoms with E-state index in [0.29, 0.717) is 0 Å². The summed E-state index contributed by atoms with van der Waals surface area (Å²) >= 11 is 1.55. The van der Waals surface area contributed by atoms with E-state index in [-0.39, 0.29) is 18.6 Å². The molecule has 0 unspecified atom stereocenters. The lowest BCUT2D eigenvalue weighted by Crippen LogP contribution is -2.31. The van der Waals surface area contributed by atoms with Gasteiger partial charge in [0.25, 0.3) is 5.91 Å². The number of carbonyl (C=O) groups excluding carboxylic acids is 2. The molecular weight excluding hydrogens is 346 g/mol. The number of nitrogens with one attached hydrogen (secondary N) is 1. The number of hydrogen-bond acceptors (Lipinski definition) is 4. The molecule has 5 heteroatoms. The smallest absolute Gasteiger partial charge is 0.331 e. The molecule has 0 spiro atoms. The Balaban J connectivity index is 1.55. The third kappa shape index (κ3) is 4.58. The van der Waals surface area contributed by atoms with Crippen LogP contribution in [-0.2, 0) is 14.3 Å². The molecule has 0 aliphatic rings. The summed E-state index contributed by atoms with van der Waals surface area (Å²) in [4.78, 5) is 23.8. The van der Waals surface area contributed by atoms with E-state index in [1.165, 1.54) is 6.08 Å². The average molecular weight is 365 g/mol. The number of hydrogen-bond donors (Lipinski definition) is 1. The number of ether oxygens (including phenoxy) is 1. The molecule has 0 radical (unpaired) electrons. The number of rotatable bonds is 6. The van der Waals surface area contributed by atoms with Gasteiger partial charge < -0.3 is 10.1 Å². The summed E-state index contributed by atoms with van der Waals surface area (Å²) in [6.07, 6.45) is 2.99. The molecule has 3 rings (SSSR count). The first-order valence-corrected chi connectivity index (χ1v) is 9.22. The van der Waals surface area contributed by atoms with Gasteiger partial charge in [0.05, 0.1) is 6.04 Å². The number of amides is 1. The SMILES string of the molecule is C[C@@H](NC(=O)COC(=O)/C=C/c1ccsc1)c1cccc2ccccc12. The van der Waals surface area contributed by atoms with Crippen LogP contribution in [0.4, 0.5) is 0 Å². The summed E-state index contributed by atoms with van der Waals surface area (Å²) in [7, 11) is 0. The lowest BCUT2D eigenvalue weighted by Gasteiger charge is -2.16. The van der Waals surface area contributed by atoms with E-state index in [1.807, 2.05) is 66.2 Å². The van der Waals surface area contributed by atoms with E-state index in [9.17, 15) is 9.59 Å². The minimum atomic E-state index is -0.538. The maximum absolute atomic E-state index is 12.1. The van der Waals surface area contributed by atoms with Gasteiger partial charge in [0.15, 0.2) is 6.61 Å². The van der Waals surface area contributed by atoms with Gasteiger partial charge in [-0.05, 0) is 51.7 Å². The Kier molecular flexibility index (Phi) is 5.81. The third-order valence-electron chi connectivity index (χ3n) is 3.97. The van der Waals surface area contributed by atoms with E-state index in [4.69, 9.17) is 4.74 Å². The molecule has 26 heavy (non-hydrogen) atoms. The van der Waals surface area contributed by atoms with E-state index in [0.717, 1.165) is 21.9 Å². The van der Waals surface area contributed by atoms with Crippen molar-refractivity contribution in [2.75, 3.05) is 6.61 Å². The summed E-state index contributed by atoms with van der Waals surface area (Å²) in [6.45, 7) is 1.61. The maximum Gasteiger partial charge on any atom is 0.331 e. The molecule has 0 bridgehead atoms. The van der Waals surface area contributed by atoms with Crippen LogP contribution in [0.1, 0.15) is 24.1 Å². The number of benzene rings is 2. The second-order valence-electron chi connectivity index (χ2n) is 5.86. The number of esters is 1. The first-order valence-electron chi connectivity index (χ1n) is 8.27. The molecule has 1 N–H and O–H groups in total. The minimum absolute atomic E-state index is 0.186. The van der Waals surface area contributed by atoms with Crippen molar-refractivity contribution in [3.8, 4) is 0 Å². The fourth-order valence-electron chi connectivity index (χ4n) is 2.71. The highest BCUT2D eigenvalue weighted by Gasteiger charge is 2.13. The van der Waals surface area contributed by atoms with Crippen LogP contribution in [0, 0.1) is 0 Å². The molecule has 132 valence electrons. The van der Waals surface area contributed by atoms with Crippen LogP contribution in [0.5, 0.6) is 0 Å². The predicted molar refractivity (Wildman–Crippen MR) is 105 cm³/mol. The summed E-state index contributed by atoms with van der Waals surface area (Å²) in [5, 5.41) is 8.93. The zero-order chi connectivity index (χ0) is 18.4. The van der Waals surface area contributed by atoms with Crippen molar-refractivity contribution >= 4 is 40.1 Å². The van der Waals surface area contributed by atoms with Gasteiger partial charge in [-0.1, -0.05) is 42.5 Å². The van der Waals surface area contributed by atoms with Crippen LogP contribution in [0.2, 0.25) is 0 Å². The van der Waals surface area contributed by atoms with Crippen molar-refractivity contribution in [1.29, 1.82) is 0 Å². The minimum Gasteiger partial charge on any atom is -0.452 e. The van der Waals surface area contributed by atoms with Crippen LogP contribution in [0.3, 0.4) is 0 Å². The van der Waals surface area contributed by atoms with Gasteiger partial charge in [-0.2, -0.15) is 11.3 Å². The quantitative estimate of drug-likeness (QED) is 0.522. The molecule has 1 heterocycles. The molecule has 0 saturated carbocycles. The molecule has 3 aromatic rings. The predicted octanol–water partition coefficient (Wildman–Crippen LogP) is 4.34. The molecule has 0 saturated heterocycles. The van der Waals surface area contributed by atoms with Crippen LogP contribution < -0.4 is 5.32 Å². The largest absolute Gasteiger partial charge is 0.452 e. The molecule has 4 nitrogen and oxygen atoms in total. The van der Waals surface area contributed by atoms with Gasteiger partial charge in [-0.15, -0.1) is 0 Å². The van der Waals surface area contributed by atoms with E-state index in [1.54, 1.807) is 17.4 Å². The Morgan fingerprint density at radius 2 is 1.96 bits per heavy atom. The molecular formula is C21H19NO3S. The summed E-state index contributed by atoms with van der Waals surface area (Å²) in [5.74, 6) is -0.869. The van der Waals surface area contributed by atoms with Crippen LogP contribution in [-0.4, -0.2) is 18.5 Å². The highest BCUT2D eigenvalue weighted by Crippen LogP contribution is 2.23. The van der Waals surface area contributed by atoms with E-state index >= 15 is 0 Å². The molecule has 0 aliphatic carbocycles. The molecule has 1 atom stereocenters. The van der Waals surface area contributed by atoms with Gasteiger partial charge in [0.2, 0.25) is 0 Å². The average Bonchev–Trinajstić information content (AvgIpc) is 3.18. The zero-order valence-electron chi connectivity index (χ0n) is 14.3. The summed E-state index contributed by atoms with van der Waals surface area (Å²) in [6, 6.07) is 15.7. The van der Waals surface area contributed by atoms with Gasteiger partial charge in [-0.25, -0.2) is 4.79 Å². The molecule has 0 fully saturated rings. The van der Waals surface area contributed by atoms with Crippen LogP contribution in [0.25, 0.3) is 16.8 Å². The third-order valence-corrected chi connectivity index (χ3v) is 4.67. The second kappa shape index (κ2) is 8.45. The first-order chi connectivity index (χ1) is 12.6. The van der Waals surface area contributed by atoms with Crippen molar-refractivity contribution in [3.05, 3.63) is 76.5 Å². The lowest BCUT2D eigenvalue weighted by atomic mass is 10.00. The van der Waals surface area contributed by atoms with Gasteiger partial charge in [0.1, 0.15) is 0 Å². The summed E-state index contributed by atoms with van der Waals surface area (Å²) in [5.41, 5.74) is 1.96. The standard InChI is InChI=1S/C21H19NO3S/c1-15(18-8-4-6-17-5-2-3-7-19(17)18)22-20(23)13-25-21(24)10-9-16-11-12-26-14-16/h2-12,14-15H,13H2,1H3,(H,22,23)/b10-9+/t15-/m1/s1. The van der Waals surface area contributed by atoms with Crippen molar-refractivity contribution in [3.63, 3.8) is 0 Å². The topological polar surface area (TPSA) is 55.4 Å². The highest BCUT2D eigenvalue weighted by atomic mass is 32.1. The van der Waals surface area contributed by atoms with Gasteiger partial charge >= 0.3 is 5.97 Å². The van der Waals surface area contributed by atoms with Crippen molar-refractivity contribution in [1.82, 2.24) is 5.32 Å². The second-order valence-corrected chi connectivity index (χ2v) is 6.64. The Labute approximate surface area is 156 Å². The zero-order valence-corrected chi connectivity index (χ0v) is 15.2. The monoisotopic (exact) mass is 365 g/mol. The first kappa shape index (κ1) is 17.9. The van der Waals surface area contributed by atoms with E-state index < -0.39 is 5.97 Å². The number of fused-ring (bicyclic) bond motifs is 1. The lowest BCUT2D eigenvalue weighted by molar-refractivity contribution is -0.144. The van der Waals surface area contributed by atoms with Gasteiger partial charge in [0, 0.05) is 6.08 Å². The molecule has 1 aromatic heterocycles. The Morgan fingerprint density at radius 1 is 1.15 bits per heavy atom. The molecule has 1 amide bonds. The number of thiophene rings is 1. The summed E-state index contributed by atoms with van der Waals surface area (Å²) < 4.78 is 4.99. The fraction of sp³-hybridized carbons (Fsp3) is 0.143. The Morgan fingerprint density at radius 3 is 2.77 bits per heavy atom. The maximum atomic E-state index is 12.1. The molecule has 0 aliphatic heterocycles. The fourth-order valence-corrected chi connectivity index (χ4v) is 3.34. The van der Waals surface area contributed by atoms with Crippen molar-refractivity contribution < 1.29 is 14.3 Å². The Hall–Kier alpha value is -2.92. The molecule has 2 aromatic carbocycles. The van der Waals surface area contributed by atoms with Crippen molar-refractivity contribution in [2.45, 2.75) is 13.0 Å². The Bertz CT molecular complexity index is 926. The van der Waals surface area contributed by atoms with Crippen LogP contribution >= 0.6 is 11.3 Å².